The van der Waals surface area contributed by atoms with E-state index in [0.717, 1.165) is 55.2 Å². The van der Waals surface area contributed by atoms with Crippen LogP contribution in [0.3, 0.4) is 0 Å². The molecule has 1 aromatic heterocycles. The Morgan fingerprint density at radius 3 is 2.67 bits per heavy atom. The third-order valence-electron chi connectivity index (χ3n) is 5.57. The number of benzene rings is 1. The quantitative estimate of drug-likeness (QED) is 0.500. The van der Waals surface area contributed by atoms with Gasteiger partial charge in [0.1, 0.15) is 11.6 Å². The summed E-state index contributed by atoms with van der Waals surface area (Å²) in [5.74, 6) is 1.63. The number of H-pyrrole nitrogens is 1. The second kappa shape index (κ2) is 10.0. The van der Waals surface area contributed by atoms with Crippen molar-refractivity contribution < 1.29 is 4.79 Å². The summed E-state index contributed by atoms with van der Waals surface area (Å²) in [5.41, 5.74) is 9.39. The van der Waals surface area contributed by atoms with E-state index in [1.54, 1.807) is 6.92 Å². The average Bonchev–Trinajstić information content (AvgIpc) is 3.11. The lowest BCUT2D eigenvalue weighted by molar-refractivity contribution is -0.117. The summed E-state index contributed by atoms with van der Waals surface area (Å²) in [6, 6.07) is 6.89. The number of carbonyl (C=O) groups is 1. The summed E-state index contributed by atoms with van der Waals surface area (Å²) in [6.45, 7) is 10.4. The number of rotatable bonds is 9. The lowest BCUT2D eigenvalue weighted by Crippen LogP contribution is -2.47. The minimum Gasteiger partial charge on any atom is -0.365 e. The van der Waals surface area contributed by atoms with Crippen LogP contribution in [0.2, 0.25) is 0 Å². The number of aromatic nitrogens is 3. The van der Waals surface area contributed by atoms with Crippen molar-refractivity contribution in [2.75, 3.05) is 29.9 Å². The first-order valence-corrected chi connectivity index (χ1v) is 10.9. The number of ketones is 1. The van der Waals surface area contributed by atoms with E-state index in [4.69, 9.17) is 5.73 Å². The van der Waals surface area contributed by atoms with Gasteiger partial charge >= 0.3 is 0 Å². The molecule has 164 valence electrons. The van der Waals surface area contributed by atoms with E-state index in [1.807, 2.05) is 13.8 Å². The molecule has 0 radical (unpaired) electrons. The van der Waals surface area contributed by atoms with Crippen molar-refractivity contribution in [2.24, 2.45) is 5.73 Å². The molecule has 0 aliphatic carbocycles. The molecule has 1 aliphatic rings. The molecule has 8 heteroatoms. The van der Waals surface area contributed by atoms with Crippen LogP contribution in [0.1, 0.15) is 57.3 Å². The third-order valence-corrected chi connectivity index (χ3v) is 5.57. The summed E-state index contributed by atoms with van der Waals surface area (Å²) >= 11 is 0. The zero-order valence-corrected chi connectivity index (χ0v) is 18.5. The summed E-state index contributed by atoms with van der Waals surface area (Å²) in [5, 5.41) is 14.0. The molecule has 1 saturated heterocycles. The van der Waals surface area contributed by atoms with Crippen LogP contribution in [0.4, 0.5) is 17.3 Å². The summed E-state index contributed by atoms with van der Waals surface area (Å²) in [7, 11) is 0. The fourth-order valence-corrected chi connectivity index (χ4v) is 4.15. The topological polar surface area (TPSA) is 112 Å². The smallest absolute Gasteiger partial charge is 0.246 e. The Labute approximate surface area is 179 Å². The van der Waals surface area contributed by atoms with E-state index in [-0.39, 0.29) is 17.7 Å². The number of anilines is 3. The lowest BCUT2D eigenvalue weighted by Gasteiger charge is -2.38. The Kier molecular flexibility index (Phi) is 7.44. The second-order valence-corrected chi connectivity index (χ2v) is 8.56. The van der Waals surface area contributed by atoms with E-state index >= 15 is 0 Å². The van der Waals surface area contributed by atoms with Crippen LogP contribution in [-0.4, -0.2) is 52.7 Å². The monoisotopic (exact) mass is 413 g/mol. The number of hydrogen-bond donors (Lipinski definition) is 4. The maximum atomic E-state index is 11.6. The molecule has 2 heterocycles. The number of aromatic amines is 1. The van der Waals surface area contributed by atoms with Gasteiger partial charge in [-0.05, 0) is 70.3 Å². The molecular weight excluding hydrogens is 378 g/mol. The van der Waals surface area contributed by atoms with Crippen LogP contribution in [0.5, 0.6) is 0 Å². The van der Waals surface area contributed by atoms with Gasteiger partial charge in [-0.1, -0.05) is 13.0 Å². The second-order valence-electron chi connectivity index (χ2n) is 8.56. The van der Waals surface area contributed by atoms with Crippen LogP contribution in [0.15, 0.2) is 18.2 Å². The number of nitrogens with one attached hydrogen (secondary N) is 3. The Hall–Kier alpha value is -2.45. The van der Waals surface area contributed by atoms with Crippen molar-refractivity contribution >= 4 is 23.1 Å². The molecule has 0 saturated carbocycles. The molecule has 2 atom stereocenters. The first kappa shape index (κ1) is 22.2. The lowest BCUT2D eigenvalue weighted by atomic mass is 9.94. The molecule has 1 fully saturated rings. The zero-order chi connectivity index (χ0) is 21.7. The van der Waals surface area contributed by atoms with Gasteiger partial charge in [-0.25, -0.2) is 0 Å². The largest absolute Gasteiger partial charge is 0.365 e. The van der Waals surface area contributed by atoms with Crippen LogP contribution in [-0.2, 0) is 4.79 Å². The molecule has 5 N–H and O–H groups in total. The maximum Gasteiger partial charge on any atom is 0.246 e. The molecule has 1 aromatic carbocycles. The molecule has 0 amide bonds. The SMILES string of the molecule is CC(=O)C[C@@H](C)c1ccc(N(CC(C)N)C2CCNCC2)c(Nc2n[nH]c(C)n2)c1. The van der Waals surface area contributed by atoms with Crippen molar-refractivity contribution in [3.8, 4) is 0 Å². The molecule has 3 rings (SSSR count). The number of nitrogens with two attached hydrogens (primary N) is 1. The van der Waals surface area contributed by atoms with Gasteiger partial charge in [0.2, 0.25) is 5.95 Å². The van der Waals surface area contributed by atoms with Crippen molar-refractivity contribution in [2.45, 2.75) is 65.0 Å². The van der Waals surface area contributed by atoms with Crippen LogP contribution >= 0.6 is 0 Å². The fourth-order valence-electron chi connectivity index (χ4n) is 4.15. The molecule has 0 spiro atoms. The number of aryl methyl sites for hydroxylation is 1. The highest BCUT2D eigenvalue weighted by atomic mass is 16.1. The minimum atomic E-state index is 0.0507. The van der Waals surface area contributed by atoms with Crippen molar-refractivity contribution in [1.82, 2.24) is 20.5 Å². The van der Waals surface area contributed by atoms with Crippen molar-refractivity contribution in [3.63, 3.8) is 0 Å². The third kappa shape index (κ3) is 5.79. The van der Waals surface area contributed by atoms with Crippen LogP contribution in [0.25, 0.3) is 0 Å². The number of Topliss-reactive ketones (excluding diaryl/α,β-unsaturated/α-hetero) is 1. The maximum absolute atomic E-state index is 11.6. The fraction of sp³-hybridized carbons (Fsp3) is 0.591. The normalized spacial score (nSPS) is 16.8. The van der Waals surface area contributed by atoms with E-state index < -0.39 is 0 Å². The Morgan fingerprint density at radius 2 is 2.07 bits per heavy atom. The predicted molar refractivity (Wildman–Crippen MR) is 121 cm³/mol. The highest BCUT2D eigenvalue weighted by molar-refractivity contribution is 5.78. The van der Waals surface area contributed by atoms with E-state index in [2.05, 4.69) is 55.8 Å². The van der Waals surface area contributed by atoms with Gasteiger partial charge in [0.25, 0.3) is 0 Å². The van der Waals surface area contributed by atoms with Gasteiger partial charge in [0, 0.05) is 25.0 Å². The van der Waals surface area contributed by atoms with E-state index in [9.17, 15) is 4.79 Å². The average molecular weight is 414 g/mol. The molecule has 1 aliphatic heterocycles. The standard InChI is InChI=1S/C22H35N7O/c1-14(11-16(3)30)18-5-6-21(20(12-18)26-22-25-17(4)27-28-22)29(13-15(2)23)19-7-9-24-10-8-19/h5-6,12,14-15,19,24H,7-11,13,23H2,1-4H3,(H2,25,26,27,28)/t14-,15?/m1/s1. The zero-order valence-electron chi connectivity index (χ0n) is 18.5. The Bertz CT molecular complexity index is 842. The van der Waals surface area contributed by atoms with Gasteiger partial charge in [-0.3, -0.25) is 5.10 Å². The van der Waals surface area contributed by atoms with Crippen LogP contribution in [0, 0.1) is 6.92 Å². The van der Waals surface area contributed by atoms with Gasteiger partial charge < -0.3 is 26.1 Å². The van der Waals surface area contributed by atoms with Gasteiger partial charge in [0.05, 0.1) is 11.4 Å². The molecule has 0 bridgehead atoms. The highest BCUT2D eigenvalue weighted by Crippen LogP contribution is 2.35. The van der Waals surface area contributed by atoms with Gasteiger partial charge in [0.15, 0.2) is 0 Å². The molecule has 30 heavy (non-hydrogen) atoms. The van der Waals surface area contributed by atoms with E-state index in [0.29, 0.717) is 18.4 Å². The Balaban J connectivity index is 1.99. The summed E-state index contributed by atoms with van der Waals surface area (Å²) in [4.78, 5) is 18.5. The summed E-state index contributed by atoms with van der Waals surface area (Å²) < 4.78 is 0. The molecule has 2 aromatic rings. The van der Waals surface area contributed by atoms with E-state index in [1.165, 1.54) is 0 Å². The first-order chi connectivity index (χ1) is 14.3. The van der Waals surface area contributed by atoms with Gasteiger partial charge in [-0.15, -0.1) is 5.10 Å². The molecule has 8 nitrogen and oxygen atoms in total. The summed E-state index contributed by atoms with van der Waals surface area (Å²) in [6.07, 6.45) is 2.68. The van der Waals surface area contributed by atoms with Crippen LogP contribution < -0.4 is 21.3 Å². The molecule has 1 unspecified atom stereocenters. The Morgan fingerprint density at radius 1 is 1.33 bits per heavy atom. The number of piperidine rings is 1. The number of nitrogens with zero attached hydrogens (tertiary/aromatic N) is 3. The van der Waals surface area contributed by atoms with Crippen molar-refractivity contribution in [1.29, 1.82) is 0 Å². The number of hydrogen-bond acceptors (Lipinski definition) is 7. The predicted octanol–water partition coefficient (Wildman–Crippen LogP) is 2.84. The van der Waals surface area contributed by atoms with Crippen molar-refractivity contribution in [3.05, 3.63) is 29.6 Å². The first-order valence-electron chi connectivity index (χ1n) is 10.9. The minimum absolute atomic E-state index is 0.0507. The highest BCUT2D eigenvalue weighted by Gasteiger charge is 2.25. The molecular formula is C22H35N7O. The number of carbonyl (C=O) groups excluding carboxylic acids is 1. The van der Waals surface area contributed by atoms with Gasteiger partial charge in [-0.2, -0.15) is 4.98 Å².